The van der Waals surface area contributed by atoms with Crippen LogP contribution >= 0.6 is 0 Å². The van der Waals surface area contributed by atoms with Gasteiger partial charge >= 0.3 is 0 Å². The van der Waals surface area contributed by atoms with E-state index in [-0.39, 0.29) is 10.8 Å². The third-order valence-corrected chi connectivity index (χ3v) is 9.92. The van der Waals surface area contributed by atoms with Crippen LogP contribution in [0, 0.1) is 0 Å². The first-order valence-corrected chi connectivity index (χ1v) is 15.7. The highest BCUT2D eigenvalue weighted by molar-refractivity contribution is 5.88. The normalized spacial score (nSPS) is 15.1. The van der Waals surface area contributed by atoms with Crippen molar-refractivity contribution in [2.45, 2.75) is 77.3 Å². The van der Waals surface area contributed by atoms with Crippen molar-refractivity contribution in [3.63, 3.8) is 0 Å². The van der Waals surface area contributed by atoms with Gasteiger partial charge in [-0.05, 0) is 69.5 Å². The molecule has 0 amide bonds. The third kappa shape index (κ3) is 4.58. The minimum Gasteiger partial charge on any atom is -0.205 e. The smallest absolute Gasteiger partial charge is 0.173 e. The molecule has 0 bridgehead atoms. The standard InChI is InChI=1S/C40H42N2/c1-39(2)35-25-34-32-20-24-42(22-12-18-30-15-9-6-10-16-30)28-38(32)40(3,4)36(34)26-33(35)31-19-23-41(27-37(31)39)21-11-17-29-13-7-5-8-14-29/h5-10,13-16,19-20,23-28H,11-12,17-18,21-22H2,1-4H3/q+2. The molecule has 2 nitrogen and oxygen atoms in total. The molecule has 0 unspecified atom stereocenters. The van der Waals surface area contributed by atoms with E-state index < -0.39 is 0 Å². The molecule has 0 saturated heterocycles. The maximum absolute atomic E-state index is 2.53. The van der Waals surface area contributed by atoms with E-state index in [1.54, 1.807) is 0 Å². The summed E-state index contributed by atoms with van der Waals surface area (Å²) in [6.07, 6.45) is 13.9. The monoisotopic (exact) mass is 550 g/mol. The molecule has 0 radical (unpaired) electrons. The molecule has 0 spiro atoms. The van der Waals surface area contributed by atoms with Crippen LogP contribution in [0.4, 0.5) is 0 Å². The Hall–Kier alpha value is -4.04. The zero-order chi connectivity index (χ0) is 28.9. The van der Waals surface area contributed by atoms with Gasteiger partial charge in [-0.25, -0.2) is 9.13 Å². The summed E-state index contributed by atoms with van der Waals surface area (Å²) >= 11 is 0. The van der Waals surface area contributed by atoms with Crippen molar-refractivity contribution < 1.29 is 9.13 Å². The van der Waals surface area contributed by atoms with Crippen LogP contribution in [0.2, 0.25) is 0 Å². The van der Waals surface area contributed by atoms with E-state index in [4.69, 9.17) is 0 Å². The van der Waals surface area contributed by atoms with E-state index in [2.05, 4.69) is 147 Å². The van der Waals surface area contributed by atoms with Gasteiger partial charge in [0.1, 0.15) is 13.1 Å². The zero-order valence-corrected chi connectivity index (χ0v) is 25.5. The van der Waals surface area contributed by atoms with E-state index in [1.807, 2.05) is 0 Å². The van der Waals surface area contributed by atoms with Gasteiger partial charge in [0.05, 0.1) is 0 Å². The summed E-state index contributed by atoms with van der Waals surface area (Å²) in [5.41, 5.74) is 14.2. The van der Waals surface area contributed by atoms with Crippen molar-refractivity contribution in [1.29, 1.82) is 0 Å². The van der Waals surface area contributed by atoms with E-state index in [9.17, 15) is 0 Å². The van der Waals surface area contributed by atoms with Crippen LogP contribution in [-0.2, 0) is 36.8 Å². The van der Waals surface area contributed by atoms with Crippen LogP contribution in [0.1, 0.15) is 73.9 Å². The molecular weight excluding hydrogens is 508 g/mol. The van der Waals surface area contributed by atoms with Gasteiger partial charge in [0, 0.05) is 46.9 Å². The molecule has 3 aromatic carbocycles. The Morgan fingerprint density at radius 3 is 1.29 bits per heavy atom. The number of nitrogens with zero attached hydrogens (tertiary/aromatic N) is 2. The number of aromatic nitrogens is 2. The van der Waals surface area contributed by atoms with Crippen LogP contribution in [0.25, 0.3) is 22.3 Å². The lowest BCUT2D eigenvalue weighted by Crippen LogP contribution is -2.35. The molecule has 2 aromatic heterocycles. The Labute approximate surface area is 251 Å². The molecule has 0 fully saturated rings. The van der Waals surface area contributed by atoms with Gasteiger partial charge in [0.25, 0.3) is 0 Å². The summed E-state index contributed by atoms with van der Waals surface area (Å²) in [4.78, 5) is 0. The number of fused-ring (bicyclic) bond motifs is 6. The summed E-state index contributed by atoms with van der Waals surface area (Å²) in [5, 5.41) is 0. The van der Waals surface area contributed by atoms with E-state index in [0.29, 0.717) is 0 Å². The predicted molar refractivity (Wildman–Crippen MR) is 171 cm³/mol. The minimum absolute atomic E-state index is 0.0266. The van der Waals surface area contributed by atoms with Crippen LogP contribution in [0.3, 0.4) is 0 Å². The number of rotatable bonds is 8. The lowest BCUT2D eigenvalue weighted by Gasteiger charge is -2.23. The highest BCUT2D eigenvalue weighted by Gasteiger charge is 2.43. The maximum atomic E-state index is 2.53. The summed E-state index contributed by atoms with van der Waals surface area (Å²) < 4.78 is 4.80. The lowest BCUT2D eigenvalue weighted by atomic mass is 9.79. The number of hydrogen-bond donors (Lipinski definition) is 0. The van der Waals surface area contributed by atoms with Gasteiger partial charge in [-0.15, -0.1) is 0 Å². The molecule has 210 valence electrons. The molecule has 2 aliphatic carbocycles. The number of benzene rings is 3. The fourth-order valence-electron chi connectivity index (χ4n) is 7.41. The lowest BCUT2D eigenvalue weighted by molar-refractivity contribution is -0.697. The Kier molecular flexibility index (Phi) is 6.61. The van der Waals surface area contributed by atoms with Gasteiger partial charge < -0.3 is 0 Å². The Morgan fingerprint density at radius 2 is 0.881 bits per heavy atom. The second-order valence-corrected chi connectivity index (χ2v) is 13.4. The quantitative estimate of drug-likeness (QED) is 0.172. The molecule has 2 heterocycles. The topological polar surface area (TPSA) is 7.76 Å². The van der Waals surface area contributed by atoms with Crippen LogP contribution in [0.5, 0.6) is 0 Å². The Bertz CT molecular complexity index is 1630. The molecule has 42 heavy (non-hydrogen) atoms. The summed E-state index contributed by atoms with van der Waals surface area (Å²) in [5.74, 6) is 0. The van der Waals surface area contributed by atoms with Crippen LogP contribution in [-0.4, -0.2) is 0 Å². The van der Waals surface area contributed by atoms with Crippen molar-refractivity contribution in [2.24, 2.45) is 0 Å². The fraction of sp³-hybridized carbons (Fsp3) is 0.300. The first-order valence-electron chi connectivity index (χ1n) is 15.7. The second-order valence-electron chi connectivity index (χ2n) is 13.4. The van der Waals surface area contributed by atoms with Crippen molar-refractivity contribution in [2.75, 3.05) is 0 Å². The summed E-state index contributed by atoms with van der Waals surface area (Å²) in [7, 11) is 0. The molecule has 2 heteroatoms. The van der Waals surface area contributed by atoms with Crippen molar-refractivity contribution in [3.05, 3.63) is 143 Å². The molecule has 7 rings (SSSR count). The maximum Gasteiger partial charge on any atom is 0.173 e. The first kappa shape index (κ1) is 26.8. The van der Waals surface area contributed by atoms with Gasteiger partial charge in [-0.1, -0.05) is 88.4 Å². The van der Waals surface area contributed by atoms with Gasteiger partial charge in [-0.3, -0.25) is 0 Å². The molecular formula is C40H42N2+2. The molecule has 0 saturated carbocycles. The Morgan fingerprint density at radius 1 is 0.476 bits per heavy atom. The summed E-state index contributed by atoms with van der Waals surface area (Å²) in [6, 6.07) is 31.5. The van der Waals surface area contributed by atoms with Gasteiger partial charge in [0.2, 0.25) is 0 Å². The number of hydrogen-bond acceptors (Lipinski definition) is 0. The number of aryl methyl sites for hydroxylation is 4. The third-order valence-electron chi connectivity index (χ3n) is 9.92. The van der Waals surface area contributed by atoms with Crippen molar-refractivity contribution >= 4 is 0 Å². The molecule has 0 N–H and O–H groups in total. The fourth-order valence-corrected chi connectivity index (χ4v) is 7.41. The molecule has 0 aliphatic heterocycles. The van der Waals surface area contributed by atoms with Gasteiger partial charge in [0.15, 0.2) is 24.8 Å². The van der Waals surface area contributed by atoms with Crippen LogP contribution in [0.15, 0.2) is 110 Å². The second kappa shape index (κ2) is 10.3. The van der Waals surface area contributed by atoms with Crippen LogP contribution < -0.4 is 9.13 Å². The zero-order valence-electron chi connectivity index (χ0n) is 25.5. The highest BCUT2D eigenvalue weighted by atomic mass is 14.9. The first-order chi connectivity index (χ1) is 20.3. The molecule has 0 atom stereocenters. The average molecular weight is 551 g/mol. The minimum atomic E-state index is -0.0266. The molecule has 5 aromatic rings. The average Bonchev–Trinajstić information content (AvgIpc) is 3.36. The predicted octanol–water partition coefficient (Wildman–Crippen LogP) is 8.14. The summed E-state index contributed by atoms with van der Waals surface area (Å²) in [6.45, 7) is 11.7. The number of pyridine rings is 2. The largest absolute Gasteiger partial charge is 0.205 e. The Balaban J connectivity index is 1.15. The SMILES string of the molecule is CC1(C)c2cc3c(cc2-c2cc[n+](CCCc4ccccc4)cc21)C(C)(C)c1c[n+](CCCc2ccccc2)ccc1-3. The van der Waals surface area contributed by atoms with E-state index in [0.717, 1.165) is 38.8 Å². The highest BCUT2D eigenvalue weighted by Crippen LogP contribution is 2.55. The van der Waals surface area contributed by atoms with Crippen molar-refractivity contribution in [1.82, 2.24) is 0 Å². The van der Waals surface area contributed by atoms with E-state index in [1.165, 1.54) is 55.6 Å². The van der Waals surface area contributed by atoms with Crippen molar-refractivity contribution in [3.8, 4) is 22.3 Å². The molecule has 2 aliphatic rings. The van der Waals surface area contributed by atoms with E-state index >= 15 is 0 Å². The van der Waals surface area contributed by atoms with Gasteiger partial charge in [-0.2, -0.15) is 0 Å².